The first-order chi connectivity index (χ1) is 11.0. The number of hydrogen-bond acceptors (Lipinski definition) is 4. The molecule has 2 rings (SSSR count). The van der Waals surface area contributed by atoms with Gasteiger partial charge in [-0.05, 0) is 36.8 Å². The molecule has 0 aromatic heterocycles. The lowest BCUT2D eigenvalue weighted by atomic mass is 9.71. The Bertz CT molecular complexity index is 537. The smallest absolute Gasteiger partial charge is 0.269 e. The number of nitrogens with one attached hydrogen (secondary N) is 1. The van der Waals surface area contributed by atoms with Crippen LogP contribution < -0.4 is 11.1 Å². The Hall–Kier alpha value is -1.95. The first-order valence-electron chi connectivity index (χ1n) is 8.25. The summed E-state index contributed by atoms with van der Waals surface area (Å²) in [6, 6.07) is 6.44. The Labute approximate surface area is 136 Å². The van der Waals surface area contributed by atoms with Crippen molar-refractivity contribution in [1.29, 1.82) is 0 Å². The molecule has 1 saturated carbocycles. The van der Waals surface area contributed by atoms with Crippen LogP contribution >= 0.6 is 0 Å². The average Bonchev–Trinajstić information content (AvgIpc) is 2.56. The van der Waals surface area contributed by atoms with Gasteiger partial charge in [-0.25, -0.2) is 0 Å². The molecule has 23 heavy (non-hydrogen) atoms. The molecule has 0 heterocycles. The summed E-state index contributed by atoms with van der Waals surface area (Å²) >= 11 is 0. The topological polar surface area (TPSA) is 98.3 Å². The maximum absolute atomic E-state index is 12.2. The Morgan fingerprint density at radius 3 is 2.43 bits per heavy atom. The van der Waals surface area contributed by atoms with E-state index in [4.69, 9.17) is 5.73 Å². The van der Waals surface area contributed by atoms with E-state index >= 15 is 0 Å². The van der Waals surface area contributed by atoms with Crippen LogP contribution in [0.4, 0.5) is 5.69 Å². The normalized spacial score (nSPS) is 16.7. The first-order valence-corrected chi connectivity index (χ1v) is 8.25. The van der Waals surface area contributed by atoms with Gasteiger partial charge in [-0.1, -0.05) is 31.4 Å². The number of nitro groups is 1. The lowest BCUT2D eigenvalue weighted by molar-refractivity contribution is -0.384. The van der Waals surface area contributed by atoms with Gasteiger partial charge in [0.15, 0.2) is 0 Å². The average molecular weight is 319 g/mol. The van der Waals surface area contributed by atoms with E-state index in [0.717, 1.165) is 31.2 Å². The summed E-state index contributed by atoms with van der Waals surface area (Å²) in [6.07, 6.45) is 6.81. The van der Waals surface area contributed by atoms with Gasteiger partial charge in [0.2, 0.25) is 5.91 Å². The molecule has 6 heteroatoms. The number of nitrogens with zero attached hydrogens (tertiary/aromatic N) is 1. The van der Waals surface area contributed by atoms with E-state index in [-0.39, 0.29) is 17.0 Å². The monoisotopic (exact) mass is 319 g/mol. The van der Waals surface area contributed by atoms with Crippen LogP contribution in [0.25, 0.3) is 0 Å². The van der Waals surface area contributed by atoms with Gasteiger partial charge in [-0.3, -0.25) is 14.9 Å². The van der Waals surface area contributed by atoms with Crippen molar-refractivity contribution in [3.63, 3.8) is 0 Å². The van der Waals surface area contributed by atoms with Crippen molar-refractivity contribution in [2.24, 2.45) is 11.1 Å². The zero-order valence-electron chi connectivity index (χ0n) is 13.4. The molecule has 6 nitrogen and oxygen atoms in total. The molecular formula is C17H25N3O3. The molecule has 0 atom stereocenters. The van der Waals surface area contributed by atoms with E-state index in [9.17, 15) is 14.9 Å². The standard InChI is InChI=1S/C17H25N3O3/c18-13-17(9-2-1-3-10-17)12-16(21)19-11-8-14-4-6-15(7-5-14)20(22)23/h4-7H,1-3,8-13,18H2,(H,19,21). The summed E-state index contributed by atoms with van der Waals surface area (Å²) in [5.74, 6) is 0.0549. The highest BCUT2D eigenvalue weighted by atomic mass is 16.6. The third-order valence-corrected chi connectivity index (χ3v) is 4.77. The van der Waals surface area contributed by atoms with Gasteiger partial charge in [0.25, 0.3) is 5.69 Å². The molecule has 126 valence electrons. The zero-order valence-corrected chi connectivity index (χ0v) is 13.4. The van der Waals surface area contributed by atoms with Gasteiger partial charge in [0.05, 0.1) is 4.92 Å². The highest BCUT2D eigenvalue weighted by molar-refractivity contribution is 5.76. The number of non-ortho nitro benzene ring substituents is 1. The number of carbonyl (C=O) groups excluding carboxylic acids is 1. The second kappa shape index (κ2) is 8.06. The SMILES string of the molecule is NCC1(CC(=O)NCCc2ccc([N+](=O)[O-])cc2)CCCCC1. The Balaban J connectivity index is 1.76. The third-order valence-electron chi connectivity index (χ3n) is 4.77. The number of benzene rings is 1. The van der Waals surface area contributed by atoms with Crippen LogP contribution in [-0.4, -0.2) is 23.9 Å². The number of nitrogens with two attached hydrogens (primary N) is 1. The predicted octanol–water partition coefficient (Wildman–Crippen LogP) is 2.55. The van der Waals surface area contributed by atoms with E-state index in [0.29, 0.717) is 25.9 Å². The fourth-order valence-electron chi connectivity index (χ4n) is 3.29. The fraction of sp³-hybridized carbons (Fsp3) is 0.588. The quantitative estimate of drug-likeness (QED) is 0.596. The molecule has 0 saturated heterocycles. The van der Waals surface area contributed by atoms with Crippen molar-refractivity contribution in [3.8, 4) is 0 Å². The van der Waals surface area contributed by atoms with Crippen molar-refractivity contribution in [2.45, 2.75) is 44.9 Å². The highest BCUT2D eigenvalue weighted by Gasteiger charge is 2.32. The Morgan fingerprint density at radius 2 is 1.87 bits per heavy atom. The van der Waals surface area contributed by atoms with E-state index in [2.05, 4.69) is 5.32 Å². The lowest BCUT2D eigenvalue weighted by Crippen LogP contribution is -2.39. The van der Waals surface area contributed by atoms with Crippen LogP contribution in [0.5, 0.6) is 0 Å². The van der Waals surface area contributed by atoms with Crippen LogP contribution in [-0.2, 0) is 11.2 Å². The molecule has 1 aliphatic rings. The molecule has 1 aromatic carbocycles. The van der Waals surface area contributed by atoms with Crippen molar-refractivity contribution in [3.05, 3.63) is 39.9 Å². The number of nitro benzene ring substituents is 1. The van der Waals surface area contributed by atoms with Gasteiger partial charge in [-0.2, -0.15) is 0 Å². The van der Waals surface area contributed by atoms with Crippen LogP contribution in [0.3, 0.4) is 0 Å². The number of amides is 1. The summed E-state index contributed by atoms with van der Waals surface area (Å²) in [5, 5.41) is 13.5. The third kappa shape index (κ3) is 5.03. The summed E-state index contributed by atoms with van der Waals surface area (Å²) in [6.45, 7) is 1.11. The maximum atomic E-state index is 12.2. The second-order valence-corrected chi connectivity index (χ2v) is 6.47. The molecule has 0 aliphatic heterocycles. The fourth-order valence-corrected chi connectivity index (χ4v) is 3.29. The summed E-state index contributed by atoms with van der Waals surface area (Å²) in [4.78, 5) is 22.3. The van der Waals surface area contributed by atoms with E-state index < -0.39 is 4.92 Å². The summed E-state index contributed by atoms with van der Waals surface area (Å²) < 4.78 is 0. The van der Waals surface area contributed by atoms with E-state index in [1.54, 1.807) is 12.1 Å². The lowest BCUT2D eigenvalue weighted by Gasteiger charge is -2.35. The highest BCUT2D eigenvalue weighted by Crippen LogP contribution is 2.38. The van der Waals surface area contributed by atoms with Gasteiger partial charge in [-0.15, -0.1) is 0 Å². The molecule has 0 unspecified atom stereocenters. The van der Waals surface area contributed by atoms with Gasteiger partial charge in [0, 0.05) is 25.1 Å². The van der Waals surface area contributed by atoms with Crippen molar-refractivity contribution in [1.82, 2.24) is 5.32 Å². The van der Waals surface area contributed by atoms with Crippen molar-refractivity contribution < 1.29 is 9.72 Å². The molecule has 0 radical (unpaired) electrons. The minimum Gasteiger partial charge on any atom is -0.356 e. The zero-order chi connectivity index (χ0) is 16.7. The van der Waals surface area contributed by atoms with E-state index in [1.807, 2.05) is 0 Å². The van der Waals surface area contributed by atoms with Gasteiger partial charge < -0.3 is 11.1 Å². The molecule has 1 aromatic rings. The molecule has 1 aliphatic carbocycles. The Kier molecular flexibility index (Phi) is 6.10. The summed E-state index contributed by atoms with van der Waals surface area (Å²) in [5.41, 5.74) is 6.95. The predicted molar refractivity (Wildman–Crippen MR) is 89.0 cm³/mol. The maximum Gasteiger partial charge on any atom is 0.269 e. The van der Waals surface area contributed by atoms with Crippen molar-refractivity contribution >= 4 is 11.6 Å². The summed E-state index contributed by atoms with van der Waals surface area (Å²) in [7, 11) is 0. The van der Waals surface area contributed by atoms with E-state index in [1.165, 1.54) is 18.6 Å². The number of rotatable bonds is 7. The minimum absolute atomic E-state index is 0.0182. The van der Waals surface area contributed by atoms with Crippen LogP contribution in [0.2, 0.25) is 0 Å². The van der Waals surface area contributed by atoms with Gasteiger partial charge >= 0.3 is 0 Å². The largest absolute Gasteiger partial charge is 0.356 e. The first kappa shape index (κ1) is 17.4. The van der Waals surface area contributed by atoms with Crippen LogP contribution in [0.1, 0.15) is 44.1 Å². The Morgan fingerprint density at radius 1 is 1.22 bits per heavy atom. The molecule has 3 N–H and O–H groups in total. The van der Waals surface area contributed by atoms with Gasteiger partial charge in [0.1, 0.15) is 0 Å². The number of carbonyl (C=O) groups is 1. The van der Waals surface area contributed by atoms with Crippen LogP contribution in [0.15, 0.2) is 24.3 Å². The molecule has 1 amide bonds. The molecule has 1 fully saturated rings. The number of hydrogen-bond donors (Lipinski definition) is 2. The second-order valence-electron chi connectivity index (χ2n) is 6.47. The van der Waals surface area contributed by atoms with Crippen molar-refractivity contribution in [2.75, 3.05) is 13.1 Å². The minimum atomic E-state index is -0.415. The molecule has 0 bridgehead atoms. The molecular weight excluding hydrogens is 294 g/mol. The van der Waals surface area contributed by atoms with Crippen LogP contribution in [0, 0.1) is 15.5 Å². The molecule has 0 spiro atoms.